The highest BCUT2D eigenvalue weighted by Crippen LogP contribution is 2.24. The lowest BCUT2D eigenvalue weighted by atomic mass is 9.92. The Kier molecular flexibility index (Phi) is 2.82. The van der Waals surface area contributed by atoms with Crippen molar-refractivity contribution in [2.75, 3.05) is 6.54 Å². The van der Waals surface area contributed by atoms with Crippen LogP contribution in [0.5, 0.6) is 0 Å². The lowest BCUT2D eigenvalue weighted by Gasteiger charge is -2.19. The van der Waals surface area contributed by atoms with Gasteiger partial charge in [0.05, 0.1) is 0 Å². The molecule has 0 bridgehead atoms. The molecule has 0 aromatic heterocycles. The van der Waals surface area contributed by atoms with Crippen molar-refractivity contribution in [1.82, 2.24) is 5.32 Å². The molecule has 2 atom stereocenters. The summed E-state index contributed by atoms with van der Waals surface area (Å²) in [5.41, 5.74) is 1.23. The molecule has 2 rings (SSSR count). The maximum Gasteiger partial charge on any atom is 0.123 e. The van der Waals surface area contributed by atoms with E-state index in [1.807, 2.05) is 12.1 Å². The fourth-order valence-electron chi connectivity index (χ4n) is 2.14. The third-order valence-corrected chi connectivity index (χ3v) is 3.10. The second kappa shape index (κ2) is 4.09. The minimum atomic E-state index is -0.152. The molecule has 14 heavy (non-hydrogen) atoms. The lowest BCUT2D eigenvalue weighted by Crippen LogP contribution is -2.27. The second-order valence-corrected chi connectivity index (χ2v) is 4.04. The number of hydrogen-bond acceptors (Lipinski definition) is 1. The minimum absolute atomic E-state index is 0.152. The molecule has 1 aliphatic rings. The van der Waals surface area contributed by atoms with Gasteiger partial charge in [0.25, 0.3) is 0 Å². The van der Waals surface area contributed by atoms with Crippen molar-refractivity contribution < 1.29 is 4.39 Å². The first-order chi connectivity index (χ1) is 6.77. The zero-order chi connectivity index (χ0) is 9.97. The van der Waals surface area contributed by atoms with Crippen LogP contribution in [0.1, 0.15) is 31.2 Å². The molecule has 2 heteroatoms. The van der Waals surface area contributed by atoms with Crippen molar-refractivity contribution in [2.45, 2.75) is 31.7 Å². The summed E-state index contributed by atoms with van der Waals surface area (Å²) in [6.07, 6.45) is 2.49. The molecule has 1 heterocycles. The van der Waals surface area contributed by atoms with Crippen molar-refractivity contribution in [1.29, 1.82) is 0 Å². The molecular weight excluding hydrogens is 177 g/mol. The Morgan fingerprint density at radius 2 is 2.07 bits per heavy atom. The maximum absolute atomic E-state index is 12.7. The van der Waals surface area contributed by atoms with Gasteiger partial charge in [-0.3, -0.25) is 0 Å². The summed E-state index contributed by atoms with van der Waals surface area (Å²) in [6, 6.07) is 7.43. The molecule has 1 aromatic carbocycles. The van der Waals surface area contributed by atoms with E-state index in [0.717, 1.165) is 6.54 Å². The molecule has 1 aliphatic heterocycles. The van der Waals surface area contributed by atoms with Gasteiger partial charge in [-0.2, -0.15) is 0 Å². The molecule has 0 amide bonds. The lowest BCUT2D eigenvalue weighted by molar-refractivity contribution is 0.516. The summed E-state index contributed by atoms with van der Waals surface area (Å²) in [5.74, 6) is 0.332. The van der Waals surface area contributed by atoms with Crippen LogP contribution in [0.4, 0.5) is 4.39 Å². The predicted molar refractivity (Wildman–Crippen MR) is 55.8 cm³/mol. The van der Waals surface area contributed by atoms with Gasteiger partial charge in [0.15, 0.2) is 0 Å². The van der Waals surface area contributed by atoms with E-state index in [1.54, 1.807) is 12.1 Å². The molecule has 1 saturated heterocycles. The van der Waals surface area contributed by atoms with E-state index >= 15 is 0 Å². The Bertz CT molecular complexity index is 288. The third-order valence-electron chi connectivity index (χ3n) is 3.10. The van der Waals surface area contributed by atoms with Crippen molar-refractivity contribution in [3.8, 4) is 0 Å². The van der Waals surface area contributed by atoms with E-state index < -0.39 is 0 Å². The molecule has 76 valence electrons. The van der Waals surface area contributed by atoms with Crippen molar-refractivity contribution in [2.24, 2.45) is 0 Å². The monoisotopic (exact) mass is 193 g/mol. The van der Waals surface area contributed by atoms with E-state index in [9.17, 15) is 4.39 Å². The fourth-order valence-corrected chi connectivity index (χ4v) is 2.14. The first kappa shape index (κ1) is 9.66. The Balaban J connectivity index is 2.09. The SMILES string of the molecule is CC(c1ccc(F)cc1)C1CCCN1. The van der Waals surface area contributed by atoms with Crippen molar-refractivity contribution in [3.63, 3.8) is 0 Å². The zero-order valence-corrected chi connectivity index (χ0v) is 8.46. The topological polar surface area (TPSA) is 12.0 Å². The van der Waals surface area contributed by atoms with Gasteiger partial charge in [0.2, 0.25) is 0 Å². The average Bonchev–Trinajstić information content (AvgIpc) is 2.71. The van der Waals surface area contributed by atoms with Crippen molar-refractivity contribution in [3.05, 3.63) is 35.6 Å². The van der Waals surface area contributed by atoms with Gasteiger partial charge in [0.1, 0.15) is 5.82 Å². The largest absolute Gasteiger partial charge is 0.313 e. The maximum atomic E-state index is 12.7. The smallest absolute Gasteiger partial charge is 0.123 e. The normalized spacial score (nSPS) is 23.7. The molecular formula is C12H16FN. The van der Waals surface area contributed by atoms with Crippen LogP contribution in [0.2, 0.25) is 0 Å². The van der Waals surface area contributed by atoms with E-state index in [1.165, 1.54) is 18.4 Å². The van der Waals surface area contributed by atoms with E-state index in [-0.39, 0.29) is 5.82 Å². The third kappa shape index (κ3) is 1.95. The molecule has 1 nitrogen and oxygen atoms in total. The van der Waals surface area contributed by atoms with Crippen LogP contribution in [0.15, 0.2) is 24.3 Å². The number of benzene rings is 1. The summed E-state index contributed by atoms with van der Waals surface area (Å²) >= 11 is 0. The molecule has 0 radical (unpaired) electrons. The predicted octanol–water partition coefficient (Wildman–Crippen LogP) is 2.68. The molecule has 2 unspecified atom stereocenters. The van der Waals surface area contributed by atoms with E-state index in [2.05, 4.69) is 12.2 Å². The minimum Gasteiger partial charge on any atom is -0.313 e. The van der Waals surface area contributed by atoms with Crippen LogP contribution in [0.3, 0.4) is 0 Å². The Morgan fingerprint density at radius 1 is 1.36 bits per heavy atom. The van der Waals surface area contributed by atoms with Gasteiger partial charge in [-0.15, -0.1) is 0 Å². The van der Waals surface area contributed by atoms with E-state index in [4.69, 9.17) is 0 Å². The Morgan fingerprint density at radius 3 is 2.64 bits per heavy atom. The standard InChI is InChI=1S/C12H16FN/c1-9(12-3-2-8-14-12)10-4-6-11(13)7-5-10/h4-7,9,12,14H,2-3,8H2,1H3. The number of rotatable bonds is 2. The van der Waals surface area contributed by atoms with Crippen LogP contribution < -0.4 is 5.32 Å². The summed E-state index contributed by atoms with van der Waals surface area (Å²) in [4.78, 5) is 0. The van der Waals surface area contributed by atoms with Gasteiger partial charge in [-0.1, -0.05) is 19.1 Å². The first-order valence-electron chi connectivity index (χ1n) is 5.26. The van der Waals surface area contributed by atoms with Crippen LogP contribution in [0, 0.1) is 5.82 Å². The summed E-state index contributed by atoms with van der Waals surface area (Å²) in [6.45, 7) is 3.33. The molecule has 1 aromatic rings. The highest BCUT2D eigenvalue weighted by atomic mass is 19.1. The van der Waals surface area contributed by atoms with Gasteiger partial charge >= 0.3 is 0 Å². The van der Waals surface area contributed by atoms with Gasteiger partial charge in [0, 0.05) is 6.04 Å². The summed E-state index contributed by atoms with van der Waals surface area (Å²) in [5, 5.41) is 3.48. The zero-order valence-electron chi connectivity index (χ0n) is 8.46. The van der Waals surface area contributed by atoms with Gasteiger partial charge in [-0.25, -0.2) is 4.39 Å². The quantitative estimate of drug-likeness (QED) is 0.761. The summed E-state index contributed by atoms with van der Waals surface area (Å²) in [7, 11) is 0. The number of hydrogen-bond donors (Lipinski definition) is 1. The van der Waals surface area contributed by atoms with Crippen molar-refractivity contribution >= 4 is 0 Å². The van der Waals surface area contributed by atoms with Crippen LogP contribution in [-0.2, 0) is 0 Å². The molecule has 0 aliphatic carbocycles. The highest BCUT2D eigenvalue weighted by molar-refractivity contribution is 5.21. The van der Waals surface area contributed by atoms with Crippen LogP contribution in [0.25, 0.3) is 0 Å². The first-order valence-corrected chi connectivity index (χ1v) is 5.26. The number of halogens is 1. The van der Waals surface area contributed by atoms with Gasteiger partial charge < -0.3 is 5.32 Å². The number of nitrogens with one attached hydrogen (secondary N) is 1. The highest BCUT2D eigenvalue weighted by Gasteiger charge is 2.21. The fraction of sp³-hybridized carbons (Fsp3) is 0.500. The Labute approximate surface area is 84.3 Å². The Hall–Kier alpha value is -0.890. The second-order valence-electron chi connectivity index (χ2n) is 4.04. The van der Waals surface area contributed by atoms with Crippen LogP contribution in [-0.4, -0.2) is 12.6 Å². The molecule has 1 N–H and O–H groups in total. The molecule has 0 spiro atoms. The average molecular weight is 193 g/mol. The molecule has 1 fully saturated rings. The van der Waals surface area contributed by atoms with E-state index in [0.29, 0.717) is 12.0 Å². The van der Waals surface area contributed by atoms with Crippen LogP contribution >= 0.6 is 0 Å². The van der Waals surface area contributed by atoms with Gasteiger partial charge in [-0.05, 0) is 43.0 Å². The summed E-state index contributed by atoms with van der Waals surface area (Å²) < 4.78 is 12.7. The molecule has 0 saturated carbocycles.